The van der Waals surface area contributed by atoms with E-state index in [-0.39, 0.29) is 23.7 Å². The lowest BCUT2D eigenvalue weighted by Crippen LogP contribution is -2.48. The third-order valence-corrected chi connectivity index (χ3v) is 3.07. The number of nitrogens with one attached hydrogen (secondary N) is 2. The number of hydrogen-bond acceptors (Lipinski definition) is 4. The van der Waals surface area contributed by atoms with Crippen LogP contribution < -0.4 is 10.6 Å². The maximum absolute atomic E-state index is 12.0. The molecule has 8 nitrogen and oxygen atoms in total. The molecule has 0 saturated heterocycles. The molecule has 1 aromatic carbocycles. The van der Waals surface area contributed by atoms with Crippen LogP contribution in [0.2, 0.25) is 0 Å². The lowest BCUT2D eigenvalue weighted by atomic mass is 10.1. The summed E-state index contributed by atoms with van der Waals surface area (Å²) in [6.45, 7) is 6.40. The van der Waals surface area contributed by atoms with Crippen LogP contribution in [0, 0.1) is 10.1 Å². The van der Waals surface area contributed by atoms with Crippen molar-refractivity contribution in [1.29, 1.82) is 0 Å². The fourth-order valence-electron chi connectivity index (χ4n) is 2.05. The lowest BCUT2D eigenvalue weighted by Gasteiger charge is -2.25. The number of rotatable bonds is 5. The highest BCUT2D eigenvalue weighted by molar-refractivity contribution is 5.86. The number of hydrogen-bond donors (Lipinski definition) is 2. The Morgan fingerprint density at radius 1 is 1.29 bits per heavy atom. The predicted octanol–water partition coefficient (Wildman–Crippen LogP) is 1.52. The molecule has 1 rings (SSSR count). The number of carbonyl (C=O) groups is 1. The maximum atomic E-state index is 12.0. The average molecular weight is 335 g/mol. The molecule has 0 heterocycles. The van der Waals surface area contributed by atoms with Gasteiger partial charge in [-0.05, 0) is 26.3 Å². The second-order valence-corrected chi connectivity index (χ2v) is 6.48. The van der Waals surface area contributed by atoms with Crippen LogP contribution in [-0.2, 0) is 11.3 Å². The van der Waals surface area contributed by atoms with E-state index >= 15 is 0 Å². The molecule has 0 aliphatic carbocycles. The zero-order valence-corrected chi connectivity index (χ0v) is 14.8. The van der Waals surface area contributed by atoms with Crippen molar-refractivity contribution in [3.63, 3.8) is 0 Å². The van der Waals surface area contributed by atoms with Gasteiger partial charge in [-0.2, -0.15) is 0 Å². The molecular formula is C16H25N5O3. The standard InChI is InChI=1S/C16H25N5O3/c1-16(2,3)19-14(22)11-20(5)15(17-4)18-10-12-6-8-13(9-7-12)21(23)24/h6-9H,10-11H2,1-5H3,(H,17,18)(H,19,22). The number of nitrogens with zero attached hydrogens (tertiary/aromatic N) is 3. The second-order valence-electron chi connectivity index (χ2n) is 6.48. The Morgan fingerprint density at radius 3 is 2.33 bits per heavy atom. The fraction of sp³-hybridized carbons (Fsp3) is 0.500. The number of non-ortho nitro benzene ring substituents is 1. The van der Waals surface area contributed by atoms with E-state index in [0.717, 1.165) is 5.56 Å². The first-order chi connectivity index (χ1) is 11.1. The Kier molecular flexibility index (Phi) is 6.69. The minimum Gasteiger partial charge on any atom is -0.352 e. The van der Waals surface area contributed by atoms with Gasteiger partial charge in [-0.1, -0.05) is 12.1 Å². The van der Waals surface area contributed by atoms with Gasteiger partial charge in [0.2, 0.25) is 5.91 Å². The summed E-state index contributed by atoms with van der Waals surface area (Å²) in [5.74, 6) is 0.473. The normalized spacial score (nSPS) is 11.8. The van der Waals surface area contributed by atoms with Crippen LogP contribution in [0.5, 0.6) is 0 Å². The summed E-state index contributed by atoms with van der Waals surface area (Å²) in [6.07, 6.45) is 0. The van der Waals surface area contributed by atoms with Crippen molar-refractivity contribution in [3.05, 3.63) is 39.9 Å². The minimum absolute atomic E-state index is 0.0547. The lowest BCUT2D eigenvalue weighted by molar-refractivity contribution is -0.384. The van der Waals surface area contributed by atoms with Crippen LogP contribution in [-0.4, -0.2) is 47.9 Å². The molecule has 0 unspecified atom stereocenters. The zero-order chi connectivity index (χ0) is 18.3. The van der Waals surface area contributed by atoms with Gasteiger partial charge in [0.05, 0.1) is 11.5 Å². The molecule has 0 aliphatic rings. The van der Waals surface area contributed by atoms with E-state index in [2.05, 4.69) is 15.6 Å². The van der Waals surface area contributed by atoms with Gasteiger partial charge in [-0.3, -0.25) is 19.9 Å². The van der Waals surface area contributed by atoms with Crippen LogP contribution in [0.25, 0.3) is 0 Å². The van der Waals surface area contributed by atoms with Gasteiger partial charge in [-0.15, -0.1) is 0 Å². The number of nitro groups is 1. The topological polar surface area (TPSA) is 99.9 Å². The van der Waals surface area contributed by atoms with E-state index < -0.39 is 4.92 Å². The minimum atomic E-state index is -0.433. The molecule has 0 spiro atoms. The zero-order valence-electron chi connectivity index (χ0n) is 14.8. The van der Waals surface area contributed by atoms with Gasteiger partial charge in [0.25, 0.3) is 5.69 Å². The van der Waals surface area contributed by atoms with Crippen LogP contribution >= 0.6 is 0 Å². The van der Waals surface area contributed by atoms with Crippen molar-refractivity contribution in [2.24, 2.45) is 4.99 Å². The Morgan fingerprint density at radius 2 is 1.88 bits per heavy atom. The first-order valence-electron chi connectivity index (χ1n) is 7.58. The van der Waals surface area contributed by atoms with E-state index in [1.165, 1.54) is 12.1 Å². The van der Waals surface area contributed by atoms with Gasteiger partial charge >= 0.3 is 0 Å². The van der Waals surface area contributed by atoms with Gasteiger partial charge < -0.3 is 15.5 Å². The van der Waals surface area contributed by atoms with Crippen molar-refractivity contribution in [1.82, 2.24) is 15.5 Å². The number of benzene rings is 1. The van der Waals surface area contributed by atoms with Gasteiger partial charge in [0, 0.05) is 38.3 Å². The molecule has 0 saturated carbocycles. The van der Waals surface area contributed by atoms with E-state index in [1.807, 2.05) is 20.8 Å². The number of carbonyl (C=O) groups excluding carboxylic acids is 1. The molecule has 24 heavy (non-hydrogen) atoms. The van der Waals surface area contributed by atoms with E-state index in [0.29, 0.717) is 12.5 Å². The van der Waals surface area contributed by atoms with Crippen LogP contribution in [0.4, 0.5) is 5.69 Å². The van der Waals surface area contributed by atoms with Crippen molar-refractivity contribution in [3.8, 4) is 0 Å². The molecule has 8 heteroatoms. The smallest absolute Gasteiger partial charge is 0.269 e. The number of amides is 1. The average Bonchev–Trinajstić information content (AvgIpc) is 2.46. The molecule has 0 bridgehead atoms. The Bertz CT molecular complexity index is 605. The molecule has 132 valence electrons. The molecule has 0 radical (unpaired) electrons. The maximum Gasteiger partial charge on any atom is 0.269 e. The quantitative estimate of drug-likeness (QED) is 0.368. The van der Waals surface area contributed by atoms with Crippen LogP contribution in [0.15, 0.2) is 29.3 Å². The molecule has 0 aliphatic heterocycles. The summed E-state index contributed by atoms with van der Waals surface area (Å²) in [7, 11) is 3.41. The van der Waals surface area contributed by atoms with E-state index in [4.69, 9.17) is 0 Å². The third kappa shape index (κ3) is 6.64. The highest BCUT2D eigenvalue weighted by Crippen LogP contribution is 2.11. The molecule has 0 atom stereocenters. The summed E-state index contributed by atoms with van der Waals surface area (Å²) in [6, 6.07) is 6.29. The number of aliphatic imine (C=N–C) groups is 1. The molecular weight excluding hydrogens is 310 g/mol. The SMILES string of the molecule is CN=C(NCc1ccc([N+](=O)[O-])cc1)N(C)CC(=O)NC(C)(C)C. The summed E-state index contributed by atoms with van der Waals surface area (Å²) < 4.78 is 0. The molecule has 2 N–H and O–H groups in total. The molecule has 0 aromatic heterocycles. The summed E-state index contributed by atoms with van der Waals surface area (Å²) in [4.78, 5) is 28.0. The first-order valence-corrected chi connectivity index (χ1v) is 7.58. The second kappa shape index (κ2) is 8.28. The van der Waals surface area contributed by atoms with Crippen LogP contribution in [0.1, 0.15) is 26.3 Å². The Hall–Kier alpha value is -2.64. The summed E-state index contributed by atoms with van der Waals surface area (Å²) >= 11 is 0. The van der Waals surface area contributed by atoms with Gasteiger partial charge in [-0.25, -0.2) is 0 Å². The highest BCUT2D eigenvalue weighted by Gasteiger charge is 2.16. The van der Waals surface area contributed by atoms with Crippen LogP contribution in [0.3, 0.4) is 0 Å². The monoisotopic (exact) mass is 335 g/mol. The number of guanidine groups is 1. The van der Waals surface area contributed by atoms with Gasteiger partial charge in [0.15, 0.2) is 5.96 Å². The molecule has 0 fully saturated rings. The number of nitro benzene ring substituents is 1. The Labute approximate surface area is 142 Å². The number of likely N-dealkylation sites (N-methyl/N-ethyl adjacent to an activating group) is 1. The van der Waals surface area contributed by atoms with Crippen molar-refractivity contribution < 1.29 is 9.72 Å². The van der Waals surface area contributed by atoms with Crippen molar-refractivity contribution in [2.45, 2.75) is 32.9 Å². The highest BCUT2D eigenvalue weighted by atomic mass is 16.6. The van der Waals surface area contributed by atoms with E-state index in [9.17, 15) is 14.9 Å². The third-order valence-electron chi connectivity index (χ3n) is 3.07. The fourth-order valence-corrected chi connectivity index (χ4v) is 2.05. The summed E-state index contributed by atoms with van der Waals surface area (Å²) in [5.41, 5.74) is 0.654. The molecule has 1 aromatic rings. The first kappa shape index (κ1) is 19.4. The van der Waals surface area contributed by atoms with Crippen molar-refractivity contribution >= 4 is 17.6 Å². The largest absolute Gasteiger partial charge is 0.352 e. The summed E-state index contributed by atoms with van der Waals surface area (Å²) in [5, 5.41) is 16.7. The molecule has 1 amide bonds. The van der Waals surface area contributed by atoms with Crippen molar-refractivity contribution in [2.75, 3.05) is 20.6 Å². The van der Waals surface area contributed by atoms with Gasteiger partial charge in [0.1, 0.15) is 0 Å². The Balaban J connectivity index is 2.58. The predicted molar refractivity (Wildman–Crippen MR) is 93.8 cm³/mol. The van der Waals surface area contributed by atoms with E-state index in [1.54, 1.807) is 31.1 Å².